The summed E-state index contributed by atoms with van der Waals surface area (Å²) in [5.74, 6) is -1.61. The molecule has 3 aromatic rings. The summed E-state index contributed by atoms with van der Waals surface area (Å²) < 4.78 is 32.7. The summed E-state index contributed by atoms with van der Waals surface area (Å²) in [6.45, 7) is 9.65. The van der Waals surface area contributed by atoms with Gasteiger partial charge in [-0.1, -0.05) is 52.0 Å². The van der Waals surface area contributed by atoms with Crippen LogP contribution in [0.2, 0.25) is 0 Å². The molecule has 0 aliphatic rings. The van der Waals surface area contributed by atoms with Gasteiger partial charge in [0.2, 0.25) is 0 Å². The summed E-state index contributed by atoms with van der Waals surface area (Å²) in [5, 5.41) is 11.5. The van der Waals surface area contributed by atoms with Gasteiger partial charge in [0, 0.05) is 11.1 Å². The van der Waals surface area contributed by atoms with E-state index in [0.717, 1.165) is 0 Å². The van der Waals surface area contributed by atoms with E-state index in [9.17, 15) is 18.7 Å². The van der Waals surface area contributed by atoms with Gasteiger partial charge in [-0.25, -0.2) is 13.6 Å². The summed E-state index contributed by atoms with van der Waals surface area (Å²) in [6.07, 6.45) is -1.19. The molecule has 0 radical (unpaired) electrons. The fourth-order valence-electron chi connectivity index (χ4n) is 3.91. The topological polar surface area (TPSA) is 59.4 Å². The molecule has 0 bridgehead atoms. The number of benzene rings is 2. The average molecular weight is 454 g/mol. The maximum atomic E-state index is 13.8. The summed E-state index contributed by atoms with van der Waals surface area (Å²) >= 11 is 0. The van der Waals surface area contributed by atoms with Crippen LogP contribution in [-0.2, 0) is 4.74 Å². The van der Waals surface area contributed by atoms with Gasteiger partial charge >= 0.3 is 5.97 Å². The molecular weight excluding hydrogens is 424 g/mol. The first kappa shape index (κ1) is 24.5. The predicted octanol–water partition coefficient (Wildman–Crippen LogP) is 6.53. The van der Waals surface area contributed by atoms with Crippen LogP contribution < -0.4 is 0 Å². The smallest absolute Gasteiger partial charge is 0.340 e. The fourth-order valence-corrected chi connectivity index (χ4v) is 3.91. The van der Waals surface area contributed by atoms with E-state index >= 15 is 0 Å². The normalized spacial score (nSPS) is 12.3. The van der Waals surface area contributed by atoms with Gasteiger partial charge in [0.15, 0.2) is 0 Å². The van der Waals surface area contributed by atoms with Gasteiger partial charge in [-0.05, 0) is 54.2 Å². The van der Waals surface area contributed by atoms with Crippen molar-refractivity contribution in [3.05, 3.63) is 88.2 Å². The number of carbonyl (C=O) groups is 1. The second-order valence-electron chi connectivity index (χ2n) is 8.54. The fraction of sp³-hybridized carbons (Fsp3) is 0.333. The van der Waals surface area contributed by atoms with Crippen LogP contribution in [0.25, 0.3) is 11.1 Å². The van der Waals surface area contributed by atoms with Gasteiger partial charge < -0.3 is 9.84 Å². The Morgan fingerprint density at radius 1 is 0.909 bits per heavy atom. The minimum Gasteiger partial charge on any atom is -0.462 e. The molecule has 3 rings (SSSR count). The van der Waals surface area contributed by atoms with Gasteiger partial charge in [-0.2, -0.15) is 0 Å². The minimum absolute atomic E-state index is 0.0944. The Kier molecular flexibility index (Phi) is 7.59. The Bertz CT molecular complexity index is 1120. The maximum Gasteiger partial charge on any atom is 0.340 e. The predicted molar refractivity (Wildman–Crippen MR) is 124 cm³/mol. The molecule has 1 N–H and O–H groups in total. The van der Waals surface area contributed by atoms with Crippen molar-refractivity contribution in [1.82, 2.24) is 4.98 Å². The molecule has 2 aromatic carbocycles. The van der Waals surface area contributed by atoms with Crippen molar-refractivity contribution in [2.75, 3.05) is 6.61 Å². The highest BCUT2D eigenvalue weighted by molar-refractivity contribution is 6.00. The molecule has 0 fully saturated rings. The zero-order valence-electron chi connectivity index (χ0n) is 19.5. The molecule has 4 nitrogen and oxygen atoms in total. The molecule has 1 heterocycles. The highest BCUT2D eigenvalue weighted by Gasteiger charge is 2.31. The lowest BCUT2D eigenvalue weighted by molar-refractivity contribution is 0.0524. The first-order valence-electron chi connectivity index (χ1n) is 11.1. The number of hydrogen-bond acceptors (Lipinski definition) is 4. The van der Waals surface area contributed by atoms with Crippen molar-refractivity contribution in [3.8, 4) is 11.1 Å². The van der Waals surface area contributed by atoms with Gasteiger partial charge in [-0.3, -0.25) is 4.98 Å². The number of nitrogens with zero attached hydrogens (tertiary/aromatic N) is 1. The number of carbonyl (C=O) groups excluding carboxylic acids is 1. The molecule has 33 heavy (non-hydrogen) atoms. The number of aromatic nitrogens is 1. The summed E-state index contributed by atoms with van der Waals surface area (Å²) in [4.78, 5) is 18.0. The largest absolute Gasteiger partial charge is 0.462 e. The van der Waals surface area contributed by atoms with E-state index in [-0.39, 0.29) is 24.0 Å². The molecule has 1 aromatic heterocycles. The molecule has 0 spiro atoms. The minimum atomic E-state index is -1.19. The van der Waals surface area contributed by atoms with E-state index < -0.39 is 23.7 Å². The Balaban J connectivity index is 2.46. The van der Waals surface area contributed by atoms with E-state index in [4.69, 9.17) is 9.72 Å². The number of aliphatic hydroxyl groups is 1. The van der Waals surface area contributed by atoms with Crippen molar-refractivity contribution >= 4 is 5.97 Å². The quantitative estimate of drug-likeness (QED) is 0.413. The molecule has 0 aliphatic carbocycles. The molecule has 0 aliphatic heterocycles. The van der Waals surface area contributed by atoms with E-state index in [2.05, 4.69) is 0 Å². The highest BCUT2D eigenvalue weighted by Crippen LogP contribution is 2.41. The molecule has 0 amide bonds. The van der Waals surface area contributed by atoms with Crippen LogP contribution >= 0.6 is 0 Å². The van der Waals surface area contributed by atoms with Crippen LogP contribution in [0.15, 0.2) is 48.5 Å². The SMILES string of the molecule is CCOC(=O)c1c(C(C)C)nc(C(C)C)c(C(O)c2ccc(F)cc2)c1-c1ccc(F)cc1. The van der Waals surface area contributed by atoms with Gasteiger partial charge in [0.1, 0.15) is 17.7 Å². The molecule has 1 unspecified atom stereocenters. The van der Waals surface area contributed by atoms with Crippen LogP contribution in [0, 0.1) is 11.6 Å². The second-order valence-corrected chi connectivity index (χ2v) is 8.54. The Morgan fingerprint density at radius 2 is 1.42 bits per heavy atom. The van der Waals surface area contributed by atoms with E-state index in [1.165, 1.54) is 36.4 Å². The second kappa shape index (κ2) is 10.2. The lowest BCUT2D eigenvalue weighted by Crippen LogP contribution is -2.19. The van der Waals surface area contributed by atoms with Crippen molar-refractivity contribution in [3.63, 3.8) is 0 Å². The van der Waals surface area contributed by atoms with Crippen molar-refractivity contribution < 1.29 is 23.4 Å². The van der Waals surface area contributed by atoms with Crippen molar-refractivity contribution in [2.24, 2.45) is 0 Å². The van der Waals surface area contributed by atoms with Crippen LogP contribution in [0.5, 0.6) is 0 Å². The monoisotopic (exact) mass is 453 g/mol. The van der Waals surface area contributed by atoms with E-state index in [0.29, 0.717) is 33.6 Å². The molecule has 1 atom stereocenters. The number of rotatable bonds is 7. The number of halogens is 2. The Labute approximate surface area is 193 Å². The van der Waals surface area contributed by atoms with Crippen LogP contribution in [0.1, 0.15) is 85.4 Å². The van der Waals surface area contributed by atoms with Crippen LogP contribution in [-0.4, -0.2) is 22.7 Å². The number of aliphatic hydroxyl groups excluding tert-OH is 1. The zero-order chi connectivity index (χ0) is 24.3. The lowest BCUT2D eigenvalue weighted by atomic mass is 9.83. The Hall–Kier alpha value is -3.12. The Morgan fingerprint density at radius 3 is 1.91 bits per heavy atom. The molecular formula is C27H29F2NO3. The lowest BCUT2D eigenvalue weighted by Gasteiger charge is -2.26. The van der Waals surface area contributed by atoms with E-state index in [1.807, 2.05) is 27.7 Å². The third kappa shape index (κ3) is 5.11. The number of ether oxygens (including phenoxy) is 1. The molecule has 0 saturated carbocycles. The third-order valence-electron chi connectivity index (χ3n) is 5.46. The first-order chi connectivity index (χ1) is 15.6. The van der Waals surface area contributed by atoms with Crippen LogP contribution in [0.3, 0.4) is 0 Å². The zero-order valence-corrected chi connectivity index (χ0v) is 19.5. The maximum absolute atomic E-state index is 13.8. The molecule has 0 saturated heterocycles. The van der Waals surface area contributed by atoms with Crippen molar-refractivity contribution in [1.29, 1.82) is 0 Å². The third-order valence-corrected chi connectivity index (χ3v) is 5.46. The van der Waals surface area contributed by atoms with E-state index in [1.54, 1.807) is 19.1 Å². The first-order valence-corrected chi connectivity index (χ1v) is 11.1. The number of pyridine rings is 1. The molecule has 6 heteroatoms. The summed E-state index contributed by atoms with van der Waals surface area (Å²) in [7, 11) is 0. The van der Waals surface area contributed by atoms with Gasteiger partial charge in [0.25, 0.3) is 0 Å². The molecule has 174 valence electrons. The van der Waals surface area contributed by atoms with Crippen molar-refractivity contribution in [2.45, 2.75) is 52.6 Å². The van der Waals surface area contributed by atoms with Gasteiger partial charge in [0.05, 0.1) is 23.6 Å². The number of hydrogen-bond donors (Lipinski definition) is 1. The summed E-state index contributed by atoms with van der Waals surface area (Å²) in [6, 6.07) is 11.3. The number of esters is 1. The average Bonchev–Trinajstić information content (AvgIpc) is 2.78. The highest BCUT2D eigenvalue weighted by atomic mass is 19.1. The standard InChI is InChI=1S/C27H29F2NO3/c1-6-33-27(32)23-21(17-7-11-19(28)12-8-17)22(24(15(2)3)30-25(23)16(4)5)26(31)18-9-13-20(29)14-10-18/h7-16,26,31H,6H2,1-5H3. The summed E-state index contributed by atoms with van der Waals surface area (Å²) in [5.41, 5.74) is 3.30. The van der Waals surface area contributed by atoms with Crippen LogP contribution in [0.4, 0.5) is 8.78 Å². The van der Waals surface area contributed by atoms with Gasteiger partial charge in [-0.15, -0.1) is 0 Å².